The van der Waals surface area contributed by atoms with Crippen LogP contribution in [0.3, 0.4) is 0 Å². The van der Waals surface area contributed by atoms with E-state index in [4.69, 9.17) is 4.74 Å². The van der Waals surface area contributed by atoms with Gasteiger partial charge < -0.3 is 4.74 Å². The van der Waals surface area contributed by atoms with Crippen molar-refractivity contribution >= 4 is 5.97 Å². The van der Waals surface area contributed by atoms with Crippen LogP contribution in [0.2, 0.25) is 0 Å². The molecule has 0 radical (unpaired) electrons. The molecule has 0 aliphatic heterocycles. The van der Waals surface area contributed by atoms with Crippen molar-refractivity contribution < 1.29 is 9.53 Å². The molecule has 0 saturated carbocycles. The Morgan fingerprint density at radius 1 is 1.40 bits per heavy atom. The largest absolute Gasteiger partial charge is 0.462 e. The van der Waals surface area contributed by atoms with Crippen LogP contribution in [0.15, 0.2) is 11.1 Å². The second-order valence-corrected chi connectivity index (χ2v) is 5.14. The molecule has 0 aromatic rings. The van der Waals surface area contributed by atoms with Gasteiger partial charge in [0, 0.05) is 12.3 Å². The van der Waals surface area contributed by atoms with Gasteiger partial charge >= 0.3 is 5.97 Å². The van der Waals surface area contributed by atoms with Gasteiger partial charge in [-0.1, -0.05) is 18.1 Å². The van der Waals surface area contributed by atoms with Crippen LogP contribution in [0.5, 0.6) is 0 Å². The van der Waals surface area contributed by atoms with Crippen molar-refractivity contribution in [3.63, 3.8) is 0 Å². The predicted molar refractivity (Wildman–Crippen MR) is 61.6 cm³/mol. The first kappa shape index (κ1) is 12.3. The van der Waals surface area contributed by atoms with Crippen LogP contribution in [-0.2, 0) is 9.53 Å². The number of esters is 1. The highest BCUT2D eigenvalue weighted by molar-refractivity contribution is 5.66. The molecular weight excluding hydrogens is 188 g/mol. The number of hydrogen-bond acceptors (Lipinski definition) is 2. The molecule has 0 heterocycles. The minimum atomic E-state index is -0.173. The van der Waals surface area contributed by atoms with E-state index in [1.54, 1.807) is 0 Å². The predicted octanol–water partition coefficient (Wildman–Crippen LogP) is 3.46. The molecule has 1 aliphatic rings. The minimum absolute atomic E-state index is 0.0121. The summed E-state index contributed by atoms with van der Waals surface area (Å²) in [5.74, 6) is -0.173. The second-order valence-electron chi connectivity index (χ2n) is 5.14. The Bertz CT molecular complexity index is 291. The van der Waals surface area contributed by atoms with E-state index >= 15 is 0 Å². The molecule has 2 nitrogen and oxygen atoms in total. The summed E-state index contributed by atoms with van der Waals surface area (Å²) in [5.41, 5.74) is 3.08. The lowest BCUT2D eigenvalue weighted by atomic mass is 9.70. The lowest BCUT2D eigenvalue weighted by Gasteiger charge is -2.39. The highest BCUT2D eigenvalue weighted by Crippen LogP contribution is 2.42. The second kappa shape index (κ2) is 4.38. The summed E-state index contributed by atoms with van der Waals surface area (Å²) in [6.07, 6.45) is 3.31. The Hall–Kier alpha value is -0.790. The SMILES string of the molecule is CC(=O)OC(C)[C@@]1(C)CCC(C)=C(C)C1. The Morgan fingerprint density at radius 3 is 2.47 bits per heavy atom. The third kappa shape index (κ3) is 2.83. The number of carbonyl (C=O) groups excluding carboxylic acids is 1. The van der Waals surface area contributed by atoms with E-state index in [2.05, 4.69) is 20.8 Å². The zero-order chi connectivity index (χ0) is 11.6. The van der Waals surface area contributed by atoms with Crippen molar-refractivity contribution in [2.75, 3.05) is 0 Å². The number of ether oxygens (including phenoxy) is 1. The Kier molecular flexibility index (Phi) is 3.58. The fourth-order valence-corrected chi connectivity index (χ4v) is 2.27. The number of hydrogen-bond donors (Lipinski definition) is 0. The zero-order valence-corrected chi connectivity index (χ0v) is 10.5. The van der Waals surface area contributed by atoms with Crippen LogP contribution in [-0.4, -0.2) is 12.1 Å². The van der Waals surface area contributed by atoms with Gasteiger partial charge in [-0.25, -0.2) is 0 Å². The van der Waals surface area contributed by atoms with E-state index < -0.39 is 0 Å². The Morgan fingerprint density at radius 2 is 2.00 bits per heavy atom. The lowest BCUT2D eigenvalue weighted by Crippen LogP contribution is -2.35. The summed E-state index contributed by atoms with van der Waals surface area (Å²) >= 11 is 0. The molecule has 0 N–H and O–H groups in total. The van der Waals surface area contributed by atoms with Crippen LogP contribution < -0.4 is 0 Å². The van der Waals surface area contributed by atoms with Crippen molar-refractivity contribution in [3.05, 3.63) is 11.1 Å². The molecule has 1 unspecified atom stereocenters. The third-order valence-electron chi connectivity index (χ3n) is 3.79. The van der Waals surface area contributed by atoms with Gasteiger partial charge in [0.15, 0.2) is 0 Å². The first-order chi connectivity index (χ1) is 6.85. The molecule has 0 aromatic carbocycles. The maximum Gasteiger partial charge on any atom is 0.302 e. The van der Waals surface area contributed by atoms with E-state index in [0.717, 1.165) is 19.3 Å². The fourth-order valence-electron chi connectivity index (χ4n) is 2.27. The van der Waals surface area contributed by atoms with Crippen LogP contribution in [0.4, 0.5) is 0 Å². The van der Waals surface area contributed by atoms with Gasteiger partial charge in [-0.3, -0.25) is 4.79 Å². The van der Waals surface area contributed by atoms with Gasteiger partial charge in [0.2, 0.25) is 0 Å². The first-order valence-corrected chi connectivity index (χ1v) is 5.67. The molecule has 15 heavy (non-hydrogen) atoms. The van der Waals surface area contributed by atoms with E-state index in [9.17, 15) is 4.79 Å². The van der Waals surface area contributed by atoms with Gasteiger partial charge in [0.1, 0.15) is 6.10 Å². The Labute approximate surface area is 92.7 Å². The summed E-state index contributed by atoms with van der Waals surface area (Å²) in [6, 6.07) is 0. The minimum Gasteiger partial charge on any atom is -0.462 e. The summed E-state index contributed by atoms with van der Waals surface area (Å²) in [6.45, 7) is 10.1. The fraction of sp³-hybridized carbons (Fsp3) is 0.769. The van der Waals surface area contributed by atoms with E-state index in [-0.39, 0.29) is 17.5 Å². The molecular formula is C13H22O2. The summed E-state index contributed by atoms with van der Waals surface area (Å²) in [7, 11) is 0. The number of rotatable bonds is 2. The van der Waals surface area contributed by atoms with Crippen molar-refractivity contribution in [2.45, 2.75) is 60.0 Å². The highest BCUT2D eigenvalue weighted by Gasteiger charge is 2.35. The topological polar surface area (TPSA) is 26.3 Å². The molecule has 0 fully saturated rings. The molecule has 0 saturated heterocycles. The average molecular weight is 210 g/mol. The van der Waals surface area contributed by atoms with E-state index in [1.807, 2.05) is 6.92 Å². The standard InChI is InChI=1S/C13H22O2/c1-9-6-7-13(5,8-10(9)2)11(3)15-12(4)14/h11H,6-8H2,1-5H3/t11?,13-/m0/s1. The third-order valence-corrected chi connectivity index (χ3v) is 3.79. The molecule has 0 aromatic heterocycles. The van der Waals surface area contributed by atoms with Crippen molar-refractivity contribution in [1.82, 2.24) is 0 Å². The van der Waals surface area contributed by atoms with Crippen LogP contribution in [0, 0.1) is 5.41 Å². The van der Waals surface area contributed by atoms with Gasteiger partial charge in [0.05, 0.1) is 0 Å². The number of allylic oxidation sites excluding steroid dienone is 2. The van der Waals surface area contributed by atoms with E-state index in [0.29, 0.717) is 0 Å². The molecule has 2 heteroatoms. The molecule has 0 spiro atoms. The maximum absolute atomic E-state index is 11.0. The van der Waals surface area contributed by atoms with Gasteiger partial charge in [0.25, 0.3) is 0 Å². The molecule has 86 valence electrons. The molecule has 0 amide bonds. The van der Waals surface area contributed by atoms with Crippen LogP contribution in [0.1, 0.15) is 53.9 Å². The highest BCUT2D eigenvalue weighted by atomic mass is 16.5. The average Bonchev–Trinajstić information content (AvgIpc) is 2.11. The lowest BCUT2D eigenvalue weighted by molar-refractivity contribution is -0.152. The molecule has 1 aliphatic carbocycles. The zero-order valence-electron chi connectivity index (χ0n) is 10.5. The molecule has 1 rings (SSSR count). The van der Waals surface area contributed by atoms with Crippen LogP contribution in [0.25, 0.3) is 0 Å². The summed E-state index contributed by atoms with van der Waals surface area (Å²) < 4.78 is 5.31. The van der Waals surface area contributed by atoms with Gasteiger partial charge in [-0.05, 0) is 40.0 Å². The summed E-state index contributed by atoms with van der Waals surface area (Å²) in [4.78, 5) is 11.0. The Balaban J connectivity index is 2.73. The van der Waals surface area contributed by atoms with Gasteiger partial charge in [-0.2, -0.15) is 0 Å². The quantitative estimate of drug-likeness (QED) is 0.515. The maximum atomic E-state index is 11.0. The molecule has 0 bridgehead atoms. The van der Waals surface area contributed by atoms with Crippen molar-refractivity contribution in [2.24, 2.45) is 5.41 Å². The number of carbonyl (C=O) groups is 1. The smallest absolute Gasteiger partial charge is 0.302 e. The van der Waals surface area contributed by atoms with Crippen LogP contribution >= 0.6 is 0 Å². The van der Waals surface area contributed by atoms with Gasteiger partial charge in [-0.15, -0.1) is 0 Å². The van der Waals surface area contributed by atoms with Crippen molar-refractivity contribution in [3.8, 4) is 0 Å². The first-order valence-electron chi connectivity index (χ1n) is 5.67. The van der Waals surface area contributed by atoms with Crippen molar-refractivity contribution in [1.29, 1.82) is 0 Å². The molecule has 2 atom stereocenters. The summed E-state index contributed by atoms with van der Waals surface area (Å²) in [5, 5.41) is 0. The monoisotopic (exact) mass is 210 g/mol. The normalized spacial score (nSPS) is 28.9. The van der Waals surface area contributed by atoms with E-state index in [1.165, 1.54) is 18.1 Å².